The van der Waals surface area contributed by atoms with Crippen molar-refractivity contribution < 1.29 is 9.53 Å². The van der Waals surface area contributed by atoms with E-state index in [4.69, 9.17) is 16.3 Å². The average molecular weight is 359 g/mol. The highest BCUT2D eigenvalue weighted by atomic mass is 35.5. The fourth-order valence-electron chi connectivity index (χ4n) is 3.04. The van der Waals surface area contributed by atoms with Gasteiger partial charge in [-0.05, 0) is 37.6 Å². The molecule has 1 amide bonds. The van der Waals surface area contributed by atoms with Crippen molar-refractivity contribution in [2.75, 3.05) is 11.9 Å². The molecule has 2 aromatic heterocycles. The maximum atomic E-state index is 12.9. The number of halogens is 1. The molecule has 122 valence electrons. The van der Waals surface area contributed by atoms with Gasteiger partial charge in [-0.1, -0.05) is 11.6 Å². The largest absolute Gasteiger partial charge is 0.493 e. The number of benzene rings is 1. The second-order valence-electron chi connectivity index (χ2n) is 5.82. The number of amides is 1. The van der Waals surface area contributed by atoms with Gasteiger partial charge in [-0.2, -0.15) is 0 Å². The molecule has 0 fully saturated rings. The van der Waals surface area contributed by atoms with Crippen LogP contribution in [0.5, 0.6) is 5.75 Å². The van der Waals surface area contributed by atoms with Crippen molar-refractivity contribution in [2.45, 2.75) is 19.3 Å². The third kappa shape index (κ3) is 2.74. The number of nitrogens with zero attached hydrogens (tertiary/aromatic N) is 1. The lowest BCUT2D eigenvalue weighted by Crippen LogP contribution is -2.26. The Morgan fingerprint density at radius 3 is 3.12 bits per heavy atom. The molecule has 0 aliphatic carbocycles. The van der Waals surface area contributed by atoms with Crippen LogP contribution in [0.3, 0.4) is 0 Å². The van der Waals surface area contributed by atoms with Crippen molar-refractivity contribution in [2.24, 2.45) is 0 Å². The van der Waals surface area contributed by atoms with Crippen molar-refractivity contribution in [1.82, 2.24) is 4.98 Å². The zero-order valence-corrected chi connectivity index (χ0v) is 14.6. The first-order valence-electron chi connectivity index (χ1n) is 7.69. The number of nitrogens with one attached hydrogen (secondary N) is 1. The van der Waals surface area contributed by atoms with Crippen LogP contribution in [-0.2, 0) is 4.79 Å². The fourth-order valence-corrected chi connectivity index (χ4v) is 4.14. The van der Waals surface area contributed by atoms with Crippen LogP contribution in [0.25, 0.3) is 10.1 Å². The number of aryl methyl sites for hydroxylation is 1. The first-order valence-corrected chi connectivity index (χ1v) is 8.88. The summed E-state index contributed by atoms with van der Waals surface area (Å²) in [5, 5.41) is 4.67. The zero-order chi connectivity index (χ0) is 16.7. The van der Waals surface area contributed by atoms with Gasteiger partial charge < -0.3 is 10.1 Å². The van der Waals surface area contributed by atoms with E-state index in [1.165, 1.54) is 4.88 Å². The highest BCUT2D eigenvalue weighted by molar-refractivity contribution is 7.19. The molecule has 3 heterocycles. The topological polar surface area (TPSA) is 51.2 Å². The highest BCUT2D eigenvalue weighted by Gasteiger charge is 2.28. The van der Waals surface area contributed by atoms with E-state index in [1.807, 2.05) is 25.3 Å². The minimum atomic E-state index is -0.276. The SMILES string of the molecule is Cc1cc2c(NC(=O)C3CCOc4ccc(Cl)cc43)cncc2s1. The molecule has 1 aliphatic rings. The first kappa shape index (κ1) is 15.4. The number of thiophene rings is 1. The Hall–Kier alpha value is -2.11. The number of anilines is 1. The third-order valence-corrected chi connectivity index (χ3v) is 5.38. The van der Waals surface area contributed by atoms with Gasteiger partial charge in [0.05, 0.1) is 29.1 Å². The van der Waals surface area contributed by atoms with Crippen LogP contribution in [0.15, 0.2) is 36.7 Å². The van der Waals surface area contributed by atoms with Crippen molar-refractivity contribution in [1.29, 1.82) is 0 Å². The number of hydrogen-bond acceptors (Lipinski definition) is 4. The number of fused-ring (bicyclic) bond motifs is 2. The van der Waals surface area contributed by atoms with Crippen molar-refractivity contribution in [3.63, 3.8) is 0 Å². The lowest BCUT2D eigenvalue weighted by Gasteiger charge is -2.25. The molecule has 0 saturated heterocycles. The molecule has 1 N–H and O–H groups in total. The predicted octanol–water partition coefficient (Wildman–Crippen LogP) is 4.76. The summed E-state index contributed by atoms with van der Waals surface area (Å²) in [5.74, 6) is 0.399. The number of ether oxygens (including phenoxy) is 1. The average Bonchev–Trinajstić information content (AvgIpc) is 2.95. The Balaban J connectivity index is 1.66. The van der Waals surface area contributed by atoms with Crippen LogP contribution in [0.1, 0.15) is 22.8 Å². The first-order chi connectivity index (χ1) is 11.6. The van der Waals surface area contributed by atoms with E-state index in [1.54, 1.807) is 23.6 Å². The van der Waals surface area contributed by atoms with Gasteiger partial charge in [0.25, 0.3) is 0 Å². The zero-order valence-electron chi connectivity index (χ0n) is 13.0. The monoisotopic (exact) mass is 358 g/mol. The third-order valence-electron chi connectivity index (χ3n) is 4.16. The van der Waals surface area contributed by atoms with Gasteiger partial charge in [-0.25, -0.2) is 0 Å². The summed E-state index contributed by atoms with van der Waals surface area (Å²) in [6.45, 7) is 2.57. The number of carbonyl (C=O) groups is 1. The molecule has 3 aromatic rings. The summed E-state index contributed by atoms with van der Waals surface area (Å²) in [7, 11) is 0. The molecule has 0 bridgehead atoms. The number of rotatable bonds is 2. The summed E-state index contributed by atoms with van der Waals surface area (Å²) in [6.07, 6.45) is 4.15. The molecule has 6 heteroatoms. The normalized spacial score (nSPS) is 16.5. The molecule has 1 atom stereocenters. The van der Waals surface area contributed by atoms with E-state index < -0.39 is 0 Å². The molecule has 1 aromatic carbocycles. The smallest absolute Gasteiger partial charge is 0.232 e. The molecule has 0 spiro atoms. The molecule has 0 saturated carbocycles. The molecule has 1 unspecified atom stereocenters. The van der Waals surface area contributed by atoms with Crippen LogP contribution >= 0.6 is 22.9 Å². The second-order valence-corrected chi connectivity index (χ2v) is 7.54. The number of carbonyl (C=O) groups excluding carboxylic acids is 1. The molecular weight excluding hydrogens is 344 g/mol. The second kappa shape index (κ2) is 6.07. The van der Waals surface area contributed by atoms with Gasteiger partial charge in [0.1, 0.15) is 5.75 Å². The lowest BCUT2D eigenvalue weighted by molar-refractivity contribution is -0.118. The molecule has 24 heavy (non-hydrogen) atoms. The number of aromatic nitrogens is 1. The van der Waals surface area contributed by atoms with Gasteiger partial charge in [0.2, 0.25) is 5.91 Å². The molecular formula is C18H15ClN2O2S. The molecule has 0 radical (unpaired) electrons. The summed E-state index contributed by atoms with van der Waals surface area (Å²) in [5.41, 5.74) is 1.59. The minimum Gasteiger partial charge on any atom is -0.493 e. The van der Waals surface area contributed by atoms with E-state index in [0.717, 1.165) is 27.1 Å². The van der Waals surface area contributed by atoms with Gasteiger partial charge in [0.15, 0.2) is 0 Å². The standard InChI is InChI=1S/C18H15ClN2O2S/c1-10-6-14-15(8-20-9-17(14)24-10)21-18(22)12-4-5-23-16-3-2-11(19)7-13(12)16/h2-3,6-9,12H,4-5H2,1H3,(H,21,22). The van der Waals surface area contributed by atoms with Crippen LogP contribution in [0.2, 0.25) is 5.02 Å². The molecule has 4 nitrogen and oxygen atoms in total. The van der Waals surface area contributed by atoms with E-state index >= 15 is 0 Å². The van der Waals surface area contributed by atoms with E-state index in [-0.39, 0.29) is 11.8 Å². The molecule has 4 rings (SSSR count). The fraction of sp³-hybridized carbons (Fsp3) is 0.222. The molecule has 1 aliphatic heterocycles. The summed E-state index contributed by atoms with van der Waals surface area (Å²) >= 11 is 7.76. The Labute approximate surface area is 148 Å². The number of pyridine rings is 1. The predicted molar refractivity (Wildman–Crippen MR) is 97.3 cm³/mol. The van der Waals surface area contributed by atoms with Crippen LogP contribution in [0, 0.1) is 6.92 Å². The van der Waals surface area contributed by atoms with Crippen molar-refractivity contribution in [3.8, 4) is 5.75 Å². The van der Waals surface area contributed by atoms with Gasteiger partial charge in [-0.3, -0.25) is 9.78 Å². The highest BCUT2D eigenvalue weighted by Crippen LogP contribution is 2.37. The van der Waals surface area contributed by atoms with E-state index in [0.29, 0.717) is 18.1 Å². The minimum absolute atomic E-state index is 0.0556. The van der Waals surface area contributed by atoms with Gasteiger partial charge in [-0.15, -0.1) is 11.3 Å². The summed E-state index contributed by atoms with van der Waals surface area (Å²) < 4.78 is 6.70. The Morgan fingerprint density at radius 2 is 2.25 bits per heavy atom. The Morgan fingerprint density at radius 1 is 1.38 bits per heavy atom. The maximum Gasteiger partial charge on any atom is 0.232 e. The van der Waals surface area contributed by atoms with Crippen LogP contribution < -0.4 is 10.1 Å². The van der Waals surface area contributed by atoms with Gasteiger partial charge >= 0.3 is 0 Å². The quantitative estimate of drug-likeness (QED) is 0.718. The Kier molecular flexibility index (Phi) is 3.90. The lowest BCUT2D eigenvalue weighted by atomic mass is 9.92. The van der Waals surface area contributed by atoms with Crippen molar-refractivity contribution >= 4 is 44.6 Å². The van der Waals surface area contributed by atoms with Crippen LogP contribution in [0.4, 0.5) is 5.69 Å². The number of hydrogen-bond donors (Lipinski definition) is 1. The summed E-state index contributed by atoms with van der Waals surface area (Å²) in [4.78, 5) is 18.3. The maximum absolute atomic E-state index is 12.9. The Bertz CT molecular complexity index is 938. The van der Waals surface area contributed by atoms with Crippen molar-refractivity contribution in [3.05, 3.63) is 52.1 Å². The van der Waals surface area contributed by atoms with Crippen LogP contribution in [-0.4, -0.2) is 17.5 Å². The van der Waals surface area contributed by atoms with E-state index in [2.05, 4.69) is 16.4 Å². The summed E-state index contributed by atoms with van der Waals surface area (Å²) in [6, 6.07) is 7.49. The van der Waals surface area contributed by atoms with Gasteiger partial charge in [0, 0.05) is 27.0 Å². The van der Waals surface area contributed by atoms with E-state index in [9.17, 15) is 4.79 Å².